The van der Waals surface area contributed by atoms with Crippen molar-refractivity contribution in [1.82, 2.24) is 0 Å². The molecule has 0 aromatic rings. The van der Waals surface area contributed by atoms with Gasteiger partial charge in [-0.05, 0) is 0 Å². The van der Waals surface area contributed by atoms with E-state index in [1.807, 2.05) is 6.92 Å². The molecule has 4 nitrogen and oxygen atoms in total. The maximum absolute atomic E-state index is 10.9. The minimum atomic E-state index is -3.92. The van der Waals surface area contributed by atoms with Gasteiger partial charge in [-0.2, -0.15) is 0 Å². The van der Waals surface area contributed by atoms with Crippen molar-refractivity contribution in [2.75, 3.05) is 17.3 Å². The zero-order chi connectivity index (χ0) is 10.5. The Morgan fingerprint density at radius 2 is 1.92 bits per heavy atom. The van der Waals surface area contributed by atoms with Gasteiger partial charge < -0.3 is 4.89 Å². The monoisotopic (exact) mass is 402 g/mol. The van der Waals surface area contributed by atoms with Crippen molar-refractivity contribution < 1.29 is 17.6 Å². The Kier molecular flexibility index (Phi) is 6.94. The third kappa shape index (κ3) is 5.87. The van der Waals surface area contributed by atoms with E-state index in [4.69, 9.17) is 9.42 Å². The van der Waals surface area contributed by atoms with Crippen molar-refractivity contribution in [3.8, 4) is 0 Å². The molecule has 80 valence electrons. The van der Waals surface area contributed by atoms with Gasteiger partial charge in [0.1, 0.15) is 16.3 Å². The van der Waals surface area contributed by atoms with Gasteiger partial charge in [-0.3, -0.25) is 4.52 Å². The third-order valence-corrected chi connectivity index (χ3v) is 5.74. The first-order valence-corrected chi connectivity index (χ1v) is 7.67. The van der Waals surface area contributed by atoms with E-state index in [0.717, 1.165) is 0 Å². The van der Waals surface area contributed by atoms with Crippen LogP contribution in [0.1, 0.15) is 6.92 Å². The lowest BCUT2D eigenvalue weighted by molar-refractivity contribution is 0.156. The fraction of sp³-hybridized carbons (Fsp3) is 1.00. The molecule has 0 spiro atoms. The second kappa shape index (κ2) is 6.20. The summed E-state index contributed by atoms with van der Waals surface area (Å²) in [4.78, 5) is 8.91. The smallest absolute Gasteiger partial charge is 0.302 e. The van der Waals surface area contributed by atoms with Gasteiger partial charge in [-0.25, -0.2) is 8.18 Å². The lowest BCUT2D eigenvalue weighted by atomic mass is 9.99. The molecule has 0 radical (unpaired) electrons. The summed E-state index contributed by atoms with van der Waals surface area (Å²) in [5, 5.41) is 1.32. The number of hydrogen-bond donors (Lipinski definition) is 1. The van der Waals surface area contributed by atoms with Crippen LogP contribution < -0.4 is 0 Å². The van der Waals surface area contributed by atoms with Crippen molar-refractivity contribution in [1.29, 1.82) is 0 Å². The number of alkyl halides is 2. The van der Waals surface area contributed by atoms with Crippen LogP contribution in [0.5, 0.6) is 0 Å². The molecular formula is C5H10Br3O4P. The highest BCUT2D eigenvalue weighted by Crippen LogP contribution is 2.46. The molecule has 0 fully saturated rings. The lowest BCUT2D eigenvalue weighted by Crippen LogP contribution is -2.26. The summed E-state index contributed by atoms with van der Waals surface area (Å²) in [5.41, 5.74) is -0.232. The second-order valence-electron chi connectivity index (χ2n) is 2.89. The van der Waals surface area contributed by atoms with Crippen molar-refractivity contribution >= 4 is 55.9 Å². The minimum absolute atomic E-state index is 0.128. The predicted octanol–water partition coefficient (Wildman–Crippen LogP) is 3.23. The molecule has 0 aromatic carbocycles. The van der Waals surface area contributed by atoms with Gasteiger partial charge in [-0.15, -0.1) is 0 Å². The van der Waals surface area contributed by atoms with Crippen LogP contribution in [0.3, 0.4) is 0 Å². The average Bonchev–Trinajstić information content (AvgIpc) is 2.14. The number of hydrogen-bond acceptors (Lipinski definition) is 3. The summed E-state index contributed by atoms with van der Waals surface area (Å²) in [7, 11) is -3.92. The molecule has 1 unspecified atom stereocenters. The summed E-state index contributed by atoms with van der Waals surface area (Å²) >= 11 is 9.00. The fourth-order valence-corrected chi connectivity index (χ4v) is 2.39. The Balaban J connectivity index is 4.07. The predicted molar refractivity (Wildman–Crippen MR) is 61.5 cm³/mol. The summed E-state index contributed by atoms with van der Waals surface area (Å²) in [6, 6.07) is 0. The number of rotatable bonds is 6. The molecule has 0 heterocycles. The molecule has 0 amide bonds. The molecule has 8 heteroatoms. The number of phosphoric acid groups is 1. The summed E-state index contributed by atoms with van der Waals surface area (Å²) in [6.07, 6.45) is 0. The molecule has 0 aliphatic heterocycles. The van der Waals surface area contributed by atoms with E-state index >= 15 is 0 Å². The minimum Gasteiger partial charge on any atom is -0.302 e. The Morgan fingerprint density at radius 1 is 1.46 bits per heavy atom. The maximum Gasteiger partial charge on any atom is 0.483 e. The Bertz CT molecular complexity index is 196. The molecule has 13 heavy (non-hydrogen) atoms. The Morgan fingerprint density at radius 3 is 2.23 bits per heavy atom. The zero-order valence-corrected chi connectivity index (χ0v) is 12.5. The van der Waals surface area contributed by atoms with Crippen molar-refractivity contribution in [3.63, 3.8) is 0 Å². The van der Waals surface area contributed by atoms with E-state index in [1.54, 1.807) is 0 Å². The number of halogens is 3. The van der Waals surface area contributed by atoms with E-state index in [0.29, 0.717) is 10.7 Å². The van der Waals surface area contributed by atoms with Crippen molar-refractivity contribution in [2.24, 2.45) is 5.41 Å². The second-order valence-corrected chi connectivity index (χ2v) is 6.21. The summed E-state index contributed by atoms with van der Waals surface area (Å²) < 4.78 is 19.7. The highest BCUT2D eigenvalue weighted by molar-refractivity contribution is 9.09. The first-order chi connectivity index (χ1) is 5.89. The van der Waals surface area contributed by atoms with Gasteiger partial charge in [0.15, 0.2) is 0 Å². The van der Waals surface area contributed by atoms with Crippen LogP contribution in [0, 0.1) is 5.41 Å². The average molecular weight is 405 g/mol. The normalized spacial score (nSPS) is 17.0. The SMILES string of the molecule is CC(CBr)(CBr)COP(=O)(O)OBr. The van der Waals surface area contributed by atoms with Crippen molar-refractivity contribution in [3.05, 3.63) is 0 Å². The molecular weight excluding hydrogens is 395 g/mol. The first-order valence-electron chi connectivity index (χ1n) is 3.29. The van der Waals surface area contributed by atoms with Crippen LogP contribution in [-0.4, -0.2) is 22.2 Å². The Hall–Kier alpha value is 1.55. The van der Waals surface area contributed by atoms with Crippen molar-refractivity contribution in [2.45, 2.75) is 6.92 Å². The largest absolute Gasteiger partial charge is 0.483 e. The molecule has 1 atom stereocenters. The molecule has 1 N–H and O–H groups in total. The number of phosphoric ester groups is 1. The van der Waals surface area contributed by atoms with Crippen LogP contribution >= 0.6 is 55.9 Å². The van der Waals surface area contributed by atoms with Gasteiger partial charge in [0.2, 0.25) is 0 Å². The molecule has 0 aliphatic carbocycles. The van der Waals surface area contributed by atoms with Crippen LogP contribution in [0.25, 0.3) is 0 Å². The van der Waals surface area contributed by atoms with Gasteiger partial charge in [-0.1, -0.05) is 38.8 Å². The molecule has 0 rings (SSSR count). The van der Waals surface area contributed by atoms with E-state index in [1.165, 1.54) is 0 Å². The van der Waals surface area contributed by atoms with E-state index in [9.17, 15) is 4.57 Å². The zero-order valence-electron chi connectivity index (χ0n) is 6.87. The van der Waals surface area contributed by atoms with E-state index in [-0.39, 0.29) is 12.0 Å². The van der Waals surface area contributed by atoms with Crippen LogP contribution in [-0.2, 0) is 12.7 Å². The van der Waals surface area contributed by atoms with Crippen LogP contribution in [0.2, 0.25) is 0 Å². The fourth-order valence-electron chi connectivity index (χ4n) is 0.370. The maximum atomic E-state index is 10.9. The third-order valence-electron chi connectivity index (χ3n) is 1.31. The van der Waals surface area contributed by atoms with Gasteiger partial charge in [0.25, 0.3) is 0 Å². The van der Waals surface area contributed by atoms with Crippen LogP contribution in [0.4, 0.5) is 0 Å². The quantitative estimate of drug-likeness (QED) is 0.545. The summed E-state index contributed by atoms with van der Waals surface area (Å²) in [6.45, 7) is 2.04. The molecule has 0 aromatic heterocycles. The summed E-state index contributed by atoms with van der Waals surface area (Å²) in [5.74, 6) is 0. The molecule has 0 saturated heterocycles. The van der Waals surface area contributed by atoms with Gasteiger partial charge >= 0.3 is 7.82 Å². The topological polar surface area (TPSA) is 55.8 Å². The highest BCUT2D eigenvalue weighted by Gasteiger charge is 2.28. The van der Waals surface area contributed by atoms with E-state index < -0.39 is 7.82 Å². The van der Waals surface area contributed by atoms with Gasteiger partial charge in [0.05, 0.1) is 6.61 Å². The molecule has 0 aliphatic rings. The standard InChI is InChI=1S/C5H10Br3O4P/c1-5(2-6,3-7)4-11-13(9,10)12-8/h2-4H2,1H3,(H,9,10). The first kappa shape index (κ1) is 14.6. The van der Waals surface area contributed by atoms with Gasteiger partial charge in [0, 0.05) is 16.1 Å². The molecule has 0 bridgehead atoms. The highest BCUT2D eigenvalue weighted by atomic mass is 79.9. The lowest BCUT2D eigenvalue weighted by Gasteiger charge is -2.24. The Labute approximate surface area is 103 Å². The van der Waals surface area contributed by atoms with Crippen LogP contribution in [0.15, 0.2) is 0 Å². The van der Waals surface area contributed by atoms with E-state index in [2.05, 4.69) is 51.7 Å². The molecule has 0 saturated carbocycles.